The number of esters is 1. The lowest BCUT2D eigenvalue weighted by atomic mass is 9.97. The number of hydrogen-bond acceptors (Lipinski definition) is 3. The molecule has 0 rings (SSSR count). The van der Waals surface area contributed by atoms with Crippen LogP contribution in [0.5, 0.6) is 0 Å². The Hall–Kier alpha value is -1.01. The van der Waals surface area contributed by atoms with Gasteiger partial charge in [0.25, 0.3) is 0 Å². The third kappa shape index (κ3) is 5.60. The molecule has 0 amide bonds. The normalized spacial score (nSPS) is 13.1. The largest absolute Gasteiger partial charge is 0.465 e. The zero-order valence-electron chi connectivity index (χ0n) is 9.04. The zero-order valence-corrected chi connectivity index (χ0v) is 9.04. The van der Waals surface area contributed by atoms with Crippen LogP contribution in [0.3, 0.4) is 0 Å². The van der Waals surface area contributed by atoms with E-state index in [2.05, 4.69) is 5.92 Å². The number of rotatable bonds is 4. The molecule has 0 radical (unpaired) electrons. The van der Waals surface area contributed by atoms with Crippen molar-refractivity contribution in [2.45, 2.75) is 39.7 Å². The maximum atomic E-state index is 11.3. The summed E-state index contributed by atoms with van der Waals surface area (Å²) in [7, 11) is 0. The molecule has 0 aromatic carbocycles. The van der Waals surface area contributed by atoms with Gasteiger partial charge in [-0.25, -0.2) is 0 Å². The molecule has 14 heavy (non-hydrogen) atoms. The van der Waals surface area contributed by atoms with Crippen LogP contribution in [0.15, 0.2) is 0 Å². The van der Waals surface area contributed by atoms with Gasteiger partial charge in [0.05, 0.1) is 18.1 Å². The summed E-state index contributed by atoms with van der Waals surface area (Å²) < 4.78 is 4.96. The highest BCUT2D eigenvalue weighted by atomic mass is 16.5. The van der Waals surface area contributed by atoms with Crippen LogP contribution in [-0.4, -0.2) is 23.8 Å². The van der Waals surface area contributed by atoms with Crippen LogP contribution in [0.4, 0.5) is 0 Å². The van der Waals surface area contributed by atoms with E-state index in [1.807, 2.05) is 0 Å². The van der Waals surface area contributed by atoms with Gasteiger partial charge in [0, 0.05) is 12.8 Å². The van der Waals surface area contributed by atoms with Gasteiger partial charge in [0.15, 0.2) is 0 Å². The van der Waals surface area contributed by atoms with Crippen LogP contribution >= 0.6 is 0 Å². The van der Waals surface area contributed by atoms with Crippen LogP contribution in [0.25, 0.3) is 0 Å². The molecule has 3 heteroatoms. The van der Waals surface area contributed by atoms with Crippen molar-refractivity contribution >= 4 is 5.97 Å². The highest BCUT2D eigenvalue weighted by molar-refractivity contribution is 5.75. The minimum absolute atomic E-state index is 0.221. The molecule has 1 N–H and O–H groups in total. The molecule has 0 spiro atoms. The van der Waals surface area contributed by atoms with Crippen LogP contribution in [0, 0.1) is 17.8 Å². The van der Waals surface area contributed by atoms with Gasteiger partial charge in [-0.1, -0.05) is 0 Å². The fraction of sp³-hybridized carbons (Fsp3) is 0.727. The molecule has 80 valence electrons. The molecular weight excluding hydrogens is 180 g/mol. The lowest BCUT2D eigenvalue weighted by Gasteiger charge is -2.17. The summed E-state index contributed by atoms with van der Waals surface area (Å²) in [5, 5.41) is 9.23. The van der Waals surface area contributed by atoms with Crippen molar-refractivity contribution in [3.8, 4) is 12.3 Å². The first-order valence-electron chi connectivity index (χ1n) is 4.66. The Morgan fingerprint density at radius 2 is 2.14 bits per heavy atom. The first-order valence-corrected chi connectivity index (χ1v) is 4.66. The molecule has 0 aromatic heterocycles. The number of aliphatic hydroxyl groups excluding tert-OH is 1. The van der Waals surface area contributed by atoms with Crippen molar-refractivity contribution in [1.82, 2.24) is 0 Å². The van der Waals surface area contributed by atoms with Crippen LogP contribution in [0.1, 0.15) is 33.6 Å². The number of carbonyl (C=O) groups excluding carboxylic acids is 1. The summed E-state index contributed by atoms with van der Waals surface area (Å²) >= 11 is 0. The average Bonchev–Trinajstić information content (AvgIpc) is 2.02. The molecule has 1 atom stereocenters. The van der Waals surface area contributed by atoms with Gasteiger partial charge in [0.2, 0.25) is 0 Å². The van der Waals surface area contributed by atoms with E-state index in [1.165, 1.54) is 0 Å². The Morgan fingerprint density at radius 1 is 1.57 bits per heavy atom. The summed E-state index contributed by atoms with van der Waals surface area (Å²) in [5.74, 6) is 2.09. The summed E-state index contributed by atoms with van der Waals surface area (Å²) in [6.45, 7) is 5.58. The monoisotopic (exact) mass is 198 g/mol. The highest BCUT2D eigenvalue weighted by Gasteiger charge is 2.22. The predicted molar refractivity (Wildman–Crippen MR) is 54.5 cm³/mol. The molecule has 0 aromatic rings. The van der Waals surface area contributed by atoms with Gasteiger partial charge >= 0.3 is 5.97 Å². The van der Waals surface area contributed by atoms with Gasteiger partial charge in [-0.3, -0.25) is 4.79 Å². The second-order valence-corrected chi connectivity index (χ2v) is 4.24. The lowest BCUT2D eigenvalue weighted by Crippen LogP contribution is -2.24. The van der Waals surface area contributed by atoms with E-state index < -0.39 is 11.5 Å². The first kappa shape index (κ1) is 13.0. The standard InChI is InChI=1S/C11H18O3/c1-5-6-9(12)7-8-14-10(13)11(2,3)4/h1,9,12H,6-8H2,2-4H3/t9-/m1/s1. The third-order valence-corrected chi connectivity index (χ3v) is 1.65. The van der Waals surface area contributed by atoms with E-state index in [1.54, 1.807) is 20.8 Å². The van der Waals surface area contributed by atoms with Gasteiger partial charge in [-0.05, 0) is 20.8 Å². The third-order valence-electron chi connectivity index (χ3n) is 1.65. The Balaban J connectivity index is 3.66. The van der Waals surface area contributed by atoms with Crippen molar-refractivity contribution in [1.29, 1.82) is 0 Å². The number of terminal acetylenes is 1. The molecule has 0 unspecified atom stereocenters. The van der Waals surface area contributed by atoms with Crippen LogP contribution < -0.4 is 0 Å². The Labute approximate surface area is 85.5 Å². The van der Waals surface area contributed by atoms with E-state index in [0.717, 1.165) is 0 Å². The van der Waals surface area contributed by atoms with Crippen molar-refractivity contribution in [2.75, 3.05) is 6.61 Å². The molecule has 0 bridgehead atoms. The fourth-order valence-electron chi connectivity index (χ4n) is 0.742. The smallest absolute Gasteiger partial charge is 0.311 e. The number of ether oxygens (including phenoxy) is 1. The quantitative estimate of drug-likeness (QED) is 0.548. The van der Waals surface area contributed by atoms with Gasteiger partial charge in [0.1, 0.15) is 0 Å². The molecule has 0 aliphatic heterocycles. The minimum atomic E-state index is -0.576. The van der Waals surface area contributed by atoms with Gasteiger partial charge < -0.3 is 9.84 Å². The summed E-state index contributed by atoms with van der Waals surface area (Å²) in [6.07, 6.45) is 5.13. The average molecular weight is 198 g/mol. The van der Waals surface area contributed by atoms with Gasteiger partial charge in [-0.2, -0.15) is 0 Å². The number of carbonyl (C=O) groups is 1. The molecule has 3 nitrogen and oxygen atoms in total. The van der Waals surface area contributed by atoms with Crippen LogP contribution in [-0.2, 0) is 9.53 Å². The van der Waals surface area contributed by atoms with Crippen molar-refractivity contribution in [2.24, 2.45) is 5.41 Å². The maximum Gasteiger partial charge on any atom is 0.311 e. The van der Waals surface area contributed by atoms with Crippen molar-refractivity contribution in [3.05, 3.63) is 0 Å². The second-order valence-electron chi connectivity index (χ2n) is 4.24. The molecule has 0 heterocycles. The molecule has 0 saturated carbocycles. The Morgan fingerprint density at radius 3 is 2.57 bits per heavy atom. The number of aliphatic hydroxyl groups is 1. The van der Waals surface area contributed by atoms with Crippen molar-refractivity contribution in [3.63, 3.8) is 0 Å². The van der Waals surface area contributed by atoms with E-state index in [4.69, 9.17) is 11.2 Å². The van der Waals surface area contributed by atoms with E-state index in [0.29, 0.717) is 12.8 Å². The predicted octanol–water partition coefficient (Wildman–Crippen LogP) is 1.35. The second kappa shape index (κ2) is 5.66. The van der Waals surface area contributed by atoms with E-state index >= 15 is 0 Å². The fourth-order valence-corrected chi connectivity index (χ4v) is 0.742. The molecular formula is C11H18O3. The van der Waals surface area contributed by atoms with Crippen LogP contribution in [0.2, 0.25) is 0 Å². The van der Waals surface area contributed by atoms with E-state index in [-0.39, 0.29) is 12.6 Å². The summed E-state index contributed by atoms with van der Waals surface area (Å²) in [4.78, 5) is 11.3. The zero-order chi connectivity index (χ0) is 11.2. The highest BCUT2D eigenvalue weighted by Crippen LogP contribution is 2.15. The Bertz CT molecular complexity index is 220. The lowest BCUT2D eigenvalue weighted by molar-refractivity contribution is -0.153. The van der Waals surface area contributed by atoms with Crippen molar-refractivity contribution < 1.29 is 14.6 Å². The SMILES string of the molecule is C#CC[C@@H](O)CCOC(=O)C(C)(C)C. The first-order chi connectivity index (χ1) is 6.38. The van der Waals surface area contributed by atoms with Gasteiger partial charge in [-0.15, -0.1) is 12.3 Å². The molecule has 0 saturated heterocycles. The summed E-state index contributed by atoms with van der Waals surface area (Å²) in [5.41, 5.74) is -0.489. The maximum absolute atomic E-state index is 11.3. The topological polar surface area (TPSA) is 46.5 Å². The Kier molecular flexibility index (Phi) is 5.26. The molecule has 0 fully saturated rings. The molecule has 0 aliphatic rings. The number of hydrogen-bond donors (Lipinski definition) is 1. The minimum Gasteiger partial charge on any atom is -0.465 e. The molecule has 0 aliphatic carbocycles. The summed E-state index contributed by atoms with van der Waals surface area (Å²) in [6, 6.07) is 0. The van der Waals surface area contributed by atoms with E-state index in [9.17, 15) is 9.90 Å².